The smallest absolute Gasteiger partial charge is 0.236 e. The fraction of sp³-hybridized carbons (Fsp3) is 0.278. The summed E-state index contributed by atoms with van der Waals surface area (Å²) in [5, 5.41) is 0. The molecule has 1 N–H and O–H groups in total. The van der Waals surface area contributed by atoms with Crippen LogP contribution in [-0.2, 0) is 15.8 Å². The summed E-state index contributed by atoms with van der Waals surface area (Å²) in [7, 11) is -3.47. The van der Waals surface area contributed by atoms with E-state index >= 15 is 0 Å². The first kappa shape index (κ1) is 18.2. The Labute approximate surface area is 156 Å². The summed E-state index contributed by atoms with van der Waals surface area (Å²) >= 11 is 3.28. The van der Waals surface area contributed by atoms with Gasteiger partial charge in [0, 0.05) is 0 Å². The molecular weight excluding hydrogens is 372 g/mol. The number of anilines is 1. The molecule has 0 aliphatic rings. The predicted octanol–water partition coefficient (Wildman–Crippen LogP) is 4.97. The highest BCUT2D eigenvalue weighted by molar-refractivity contribution is 8.01. The van der Waals surface area contributed by atoms with Gasteiger partial charge in [-0.05, 0) is 48.9 Å². The topological polar surface area (TPSA) is 59.1 Å². The van der Waals surface area contributed by atoms with Gasteiger partial charge in [0.25, 0.3) is 0 Å². The molecule has 0 atom stereocenters. The maximum absolute atomic E-state index is 12.5. The van der Waals surface area contributed by atoms with E-state index < -0.39 is 10.0 Å². The molecule has 0 aliphatic heterocycles. The number of hydrogen-bond donors (Lipinski definition) is 1. The fourth-order valence-electron chi connectivity index (χ4n) is 2.53. The largest absolute Gasteiger partial charge is 0.283 e. The molecule has 0 saturated carbocycles. The molecule has 0 fully saturated rings. The number of nitrogens with one attached hydrogen (secondary N) is 1. The van der Waals surface area contributed by atoms with Gasteiger partial charge < -0.3 is 0 Å². The SMILES string of the molecule is CCSc1nc2ccc(NS(=O)(=O)Cc3cc(C)ccc3C)cc2s1. The van der Waals surface area contributed by atoms with Crippen LogP contribution in [0.4, 0.5) is 5.69 Å². The predicted molar refractivity (Wildman–Crippen MR) is 108 cm³/mol. The fourth-order valence-corrected chi connectivity index (χ4v) is 5.81. The third kappa shape index (κ3) is 4.54. The quantitative estimate of drug-likeness (QED) is 0.602. The molecule has 0 saturated heterocycles. The molecule has 3 rings (SSSR count). The zero-order valence-electron chi connectivity index (χ0n) is 14.4. The molecule has 1 aromatic heterocycles. The molecular formula is C18H20N2O2S3. The first-order valence-corrected chi connectivity index (χ1v) is 11.4. The molecule has 0 spiro atoms. The summed E-state index contributed by atoms with van der Waals surface area (Å²) in [5.74, 6) is 0.938. The van der Waals surface area contributed by atoms with Crippen LogP contribution in [0.1, 0.15) is 23.6 Å². The number of fused-ring (bicyclic) bond motifs is 1. The minimum absolute atomic E-state index is 0.0296. The van der Waals surface area contributed by atoms with Crippen molar-refractivity contribution >= 4 is 49.0 Å². The first-order valence-electron chi connectivity index (χ1n) is 7.96. The van der Waals surface area contributed by atoms with Crippen LogP contribution in [0.25, 0.3) is 10.2 Å². The van der Waals surface area contributed by atoms with E-state index in [2.05, 4.69) is 16.6 Å². The Hall–Kier alpha value is -1.57. The average Bonchev–Trinajstić information content (AvgIpc) is 2.92. The van der Waals surface area contributed by atoms with Crippen molar-refractivity contribution in [2.45, 2.75) is 30.9 Å². The van der Waals surface area contributed by atoms with Crippen molar-refractivity contribution in [1.29, 1.82) is 0 Å². The summed E-state index contributed by atoms with van der Waals surface area (Å²) in [5.41, 5.74) is 4.35. The third-order valence-electron chi connectivity index (χ3n) is 3.76. The summed E-state index contributed by atoms with van der Waals surface area (Å²) in [6, 6.07) is 11.4. The van der Waals surface area contributed by atoms with Gasteiger partial charge in [0.15, 0.2) is 4.34 Å². The van der Waals surface area contributed by atoms with Crippen LogP contribution in [0.5, 0.6) is 0 Å². The number of thiazole rings is 1. The number of thioether (sulfide) groups is 1. The van der Waals surface area contributed by atoms with E-state index in [0.717, 1.165) is 37.0 Å². The molecule has 0 bridgehead atoms. The number of aromatic nitrogens is 1. The number of hydrogen-bond acceptors (Lipinski definition) is 5. The van der Waals surface area contributed by atoms with Crippen LogP contribution in [0.3, 0.4) is 0 Å². The lowest BCUT2D eigenvalue weighted by atomic mass is 10.1. The van der Waals surface area contributed by atoms with Gasteiger partial charge in [-0.3, -0.25) is 4.72 Å². The monoisotopic (exact) mass is 392 g/mol. The van der Waals surface area contributed by atoms with Crippen molar-refractivity contribution in [3.05, 3.63) is 53.1 Å². The Morgan fingerprint density at radius 3 is 2.72 bits per heavy atom. The van der Waals surface area contributed by atoms with E-state index in [0.29, 0.717) is 5.69 Å². The van der Waals surface area contributed by atoms with Crippen molar-refractivity contribution < 1.29 is 8.42 Å². The first-order chi connectivity index (χ1) is 11.9. The van der Waals surface area contributed by atoms with E-state index in [1.54, 1.807) is 29.2 Å². The van der Waals surface area contributed by atoms with Crippen molar-refractivity contribution in [2.75, 3.05) is 10.5 Å². The molecule has 0 aliphatic carbocycles. The number of sulfonamides is 1. The average molecular weight is 393 g/mol. The van der Waals surface area contributed by atoms with E-state index in [9.17, 15) is 8.42 Å². The van der Waals surface area contributed by atoms with Crippen molar-refractivity contribution in [1.82, 2.24) is 4.98 Å². The highest BCUT2D eigenvalue weighted by atomic mass is 32.2. The lowest BCUT2D eigenvalue weighted by Crippen LogP contribution is -2.15. The zero-order valence-corrected chi connectivity index (χ0v) is 16.8. The van der Waals surface area contributed by atoms with Gasteiger partial charge in [-0.1, -0.05) is 42.4 Å². The second-order valence-electron chi connectivity index (χ2n) is 5.89. The van der Waals surface area contributed by atoms with Crippen molar-refractivity contribution in [2.24, 2.45) is 0 Å². The van der Waals surface area contributed by atoms with Crippen LogP contribution in [0.2, 0.25) is 0 Å². The maximum Gasteiger partial charge on any atom is 0.236 e. The second-order valence-corrected chi connectivity index (χ2v) is 10.2. The number of nitrogens with zero attached hydrogens (tertiary/aromatic N) is 1. The lowest BCUT2D eigenvalue weighted by molar-refractivity contribution is 0.600. The summed E-state index contributed by atoms with van der Waals surface area (Å²) in [6.07, 6.45) is 0. The van der Waals surface area contributed by atoms with E-state index in [1.165, 1.54) is 0 Å². The molecule has 0 amide bonds. The van der Waals surface area contributed by atoms with Crippen LogP contribution in [-0.4, -0.2) is 19.2 Å². The molecule has 25 heavy (non-hydrogen) atoms. The molecule has 7 heteroatoms. The van der Waals surface area contributed by atoms with Gasteiger partial charge in [0.2, 0.25) is 10.0 Å². The highest BCUT2D eigenvalue weighted by Gasteiger charge is 2.14. The minimum atomic E-state index is -3.47. The molecule has 0 radical (unpaired) electrons. The summed E-state index contributed by atoms with van der Waals surface area (Å²) in [4.78, 5) is 4.53. The lowest BCUT2D eigenvalue weighted by Gasteiger charge is -2.10. The van der Waals surface area contributed by atoms with E-state index in [4.69, 9.17) is 0 Å². The van der Waals surface area contributed by atoms with Gasteiger partial charge in [0.05, 0.1) is 21.7 Å². The van der Waals surface area contributed by atoms with Gasteiger partial charge in [0.1, 0.15) is 0 Å². The van der Waals surface area contributed by atoms with Crippen LogP contribution >= 0.6 is 23.1 Å². The Bertz CT molecular complexity index is 1010. The Morgan fingerprint density at radius 1 is 1.16 bits per heavy atom. The Kier molecular flexibility index (Phi) is 5.36. The second kappa shape index (κ2) is 7.35. The minimum Gasteiger partial charge on any atom is -0.283 e. The number of rotatable bonds is 6. The summed E-state index contributed by atoms with van der Waals surface area (Å²) in [6.45, 7) is 5.98. The summed E-state index contributed by atoms with van der Waals surface area (Å²) < 4.78 is 29.8. The van der Waals surface area contributed by atoms with Crippen molar-refractivity contribution in [3.63, 3.8) is 0 Å². The molecule has 3 aromatic rings. The molecule has 0 unspecified atom stereocenters. The molecule has 1 heterocycles. The van der Waals surface area contributed by atoms with Gasteiger partial charge in [-0.15, -0.1) is 11.3 Å². The van der Waals surface area contributed by atoms with Crippen LogP contribution in [0.15, 0.2) is 40.7 Å². The molecule has 4 nitrogen and oxygen atoms in total. The maximum atomic E-state index is 12.5. The highest BCUT2D eigenvalue weighted by Crippen LogP contribution is 2.31. The van der Waals surface area contributed by atoms with Crippen molar-refractivity contribution in [3.8, 4) is 0 Å². The van der Waals surface area contributed by atoms with Crippen LogP contribution < -0.4 is 4.72 Å². The van der Waals surface area contributed by atoms with Gasteiger partial charge >= 0.3 is 0 Å². The normalized spacial score (nSPS) is 11.8. The Morgan fingerprint density at radius 2 is 1.96 bits per heavy atom. The third-order valence-corrected chi connectivity index (χ3v) is 7.04. The van der Waals surface area contributed by atoms with E-state index in [1.807, 2.05) is 44.2 Å². The van der Waals surface area contributed by atoms with Crippen LogP contribution in [0, 0.1) is 13.8 Å². The van der Waals surface area contributed by atoms with E-state index in [-0.39, 0.29) is 5.75 Å². The zero-order chi connectivity index (χ0) is 18.0. The Balaban J connectivity index is 1.82. The molecule has 132 valence electrons. The molecule has 2 aromatic carbocycles. The standard InChI is InChI=1S/C18H20N2O2S3/c1-4-23-18-19-16-8-7-15(10-17(16)24-18)20-25(21,22)11-14-9-12(2)5-6-13(14)3/h5-10,20H,4,11H2,1-3H3. The number of benzene rings is 2. The number of aryl methyl sites for hydroxylation is 2. The van der Waals surface area contributed by atoms with Gasteiger partial charge in [-0.2, -0.15) is 0 Å². The van der Waals surface area contributed by atoms with Gasteiger partial charge in [-0.25, -0.2) is 13.4 Å².